The van der Waals surface area contributed by atoms with Gasteiger partial charge in [-0.3, -0.25) is 0 Å². The molecule has 1 aromatic heterocycles. The summed E-state index contributed by atoms with van der Waals surface area (Å²) < 4.78 is 31.4. The monoisotopic (exact) mass is 318 g/mol. The van der Waals surface area contributed by atoms with Gasteiger partial charge >= 0.3 is 0 Å². The molecule has 1 N–H and O–H groups in total. The Bertz CT molecular complexity index is 523. The Hall–Kier alpha value is -0.470. The highest BCUT2D eigenvalue weighted by Gasteiger charge is 2.25. The number of nitrogens with one attached hydrogen (secondary N) is 1. The summed E-state index contributed by atoms with van der Waals surface area (Å²) in [6, 6.07) is 2.41. The van der Waals surface area contributed by atoms with E-state index in [0.717, 1.165) is 11.4 Å². The van der Waals surface area contributed by atoms with E-state index < -0.39 is 10.0 Å². The standard InChI is InChI=1S/C13H22N2O3S2/c1-3-15(6-7-18-2)20(16,17)13-8-12(19-10-13)9-14-11-4-5-11/h8,10-11,14H,3-7,9H2,1-2H3. The summed E-state index contributed by atoms with van der Waals surface area (Å²) in [5.41, 5.74) is 0. The van der Waals surface area contributed by atoms with Crippen LogP contribution in [0, 0.1) is 0 Å². The Morgan fingerprint density at radius 1 is 1.50 bits per heavy atom. The summed E-state index contributed by atoms with van der Waals surface area (Å²) in [6.07, 6.45) is 2.47. The molecule has 114 valence electrons. The van der Waals surface area contributed by atoms with Crippen molar-refractivity contribution in [2.75, 3.05) is 26.8 Å². The first-order valence-electron chi connectivity index (χ1n) is 6.87. The number of ether oxygens (including phenoxy) is 1. The van der Waals surface area contributed by atoms with Crippen molar-refractivity contribution in [3.8, 4) is 0 Å². The number of hydrogen-bond acceptors (Lipinski definition) is 5. The van der Waals surface area contributed by atoms with Crippen LogP contribution in [-0.2, 0) is 21.3 Å². The van der Waals surface area contributed by atoms with Crippen molar-refractivity contribution in [3.63, 3.8) is 0 Å². The van der Waals surface area contributed by atoms with Crippen molar-refractivity contribution >= 4 is 21.4 Å². The Labute approximate surface area is 125 Å². The number of thiophene rings is 1. The van der Waals surface area contributed by atoms with E-state index in [1.807, 2.05) is 6.92 Å². The van der Waals surface area contributed by atoms with Crippen LogP contribution in [0.5, 0.6) is 0 Å². The average molecular weight is 318 g/mol. The van der Waals surface area contributed by atoms with Gasteiger partial charge < -0.3 is 10.1 Å². The highest BCUT2D eigenvalue weighted by Crippen LogP contribution is 2.24. The average Bonchev–Trinajstić information content (AvgIpc) is 3.13. The Morgan fingerprint density at radius 2 is 2.25 bits per heavy atom. The lowest BCUT2D eigenvalue weighted by atomic mass is 10.4. The van der Waals surface area contributed by atoms with E-state index in [2.05, 4.69) is 5.32 Å². The van der Waals surface area contributed by atoms with Crippen LogP contribution in [0.4, 0.5) is 0 Å². The van der Waals surface area contributed by atoms with E-state index in [9.17, 15) is 8.42 Å². The lowest BCUT2D eigenvalue weighted by Crippen LogP contribution is -2.33. The lowest BCUT2D eigenvalue weighted by Gasteiger charge is -2.19. The first-order chi connectivity index (χ1) is 9.57. The Kier molecular flexibility index (Phi) is 5.57. The molecule has 0 unspecified atom stereocenters. The first-order valence-corrected chi connectivity index (χ1v) is 9.19. The van der Waals surface area contributed by atoms with Gasteiger partial charge in [-0.15, -0.1) is 11.3 Å². The third kappa shape index (κ3) is 4.02. The van der Waals surface area contributed by atoms with E-state index in [1.54, 1.807) is 18.6 Å². The quantitative estimate of drug-likeness (QED) is 0.752. The molecule has 1 aromatic rings. The molecule has 0 amide bonds. The molecule has 0 radical (unpaired) electrons. The summed E-state index contributed by atoms with van der Waals surface area (Å²) in [4.78, 5) is 1.46. The Morgan fingerprint density at radius 3 is 2.85 bits per heavy atom. The zero-order chi connectivity index (χ0) is 14.6. The van der Waals surface area contributed by atoms with Crippen LogP contribution in [-0.4, -0.2) is 45.6 Å². The number of hydrogen-bond donors (Lipinski definition) is 1. The van der Waals surface area contributed by atoms with Crippen molar-refractivity contribution in [1.82, 2.24) is 9.62 Å². The number of methoxy groups -OCH3 is 1. The molecule has 0 aromatic carbocycles. The zero-order valence-electron chi connectivity index (χ0n) is 12.0. The molecule has 0 saturated heterocycles. The number of rotatable bonds is 9. The van der Waals surface area contributed by atoms with E-state index >= 15 is 0 Å². The molecular weight excluding hydrogens is 296 g/mol. The minimum absolute atomic E-state index is 0.390. The van der Waals surface area contributed by atoms with Gasteiger partial charge in [-0.1, -0.05) is 6.92 Å². The van der Waals surface area contributed by atoms with Crippen LogP contribution in [0.15, 0.2) is 16.3 Å². The van der Waals surface area contributed by atoms with E-state index in [1.165, 1.54) is 28.5 Å². The van der Waals surface area contributed by atoms with Crippen LogP contribution in [0.3, 0.4) is 0 Å². The maximum Gasteiger partial charge on any atom is 0.243 e. The summed E-state index contributed by atoms with van der Waals surface area (Å²) in [5.74, 6) is 0. The summed E-state index contributed by atoms with van der Waals surface area (Å²) in [6.45, 7) is 3.86. The molecule has 5 nitrogen and oxygen atoms in total. The fourth-order valence-corrected chi connectivity index (χ4v) is 4.56. The van der Waals surface area contributed by atoms with Gasteiger partial charge in [-0.25, -0.2) is 8.42 Å². The first kappa shape index (κ1) is 15.9. The van der Waals surface area contributed by atoms with Crippen LogP contribution in [0.1, 0.15) is 24.6 Å². The molecule has 20 heavy (non-hydrogen) atoms. The zero-order valence-corrected chi connectivity index (χ0v) is 13.6. The largest absolute Gasteiger partial charge is 0.383 e. The molecule has 7 heteroatoms. The predicted octanol–water partition coefficient (Wildman–Crippen LogP) is 1.66. The highest BCUT2D eigenvalue weighted by molar-refractivity contribution is 7.89. The second-order valence-corrected chi connectivity index (χ2v) is 7.83. The summed E-state index contributed by atoms with van der Waals surface area (Å²) in [5, 5.41) is 5.13. The maximum atomic E-state index is 12.5. The SMILES string of the molecule is CCN(CCOC)S(=O)(=O)c1csc(CNC2CC2)c1. The molecule has 2 rings (SSSR count). The normalized spacial score (nSPS) is 15.9. The summed E-state index contributed by atoms with van der Waals surface area (Å²) >= 11 is 1.50. The number of likely N-dealkylation sites (N-methyl/N-ethyl adjacent to an activating group) is 1. The van der Waals surface area contributed by atoms with Gasteiger partial charge in [0.15, 0.2) is 0 Å². The Balaban J connectivity index is 2.03. The number of nitrogens with zero attached hydrogens (tertiary/aromatic N) is 1. The topological polar surface area (TPSA) is 58.6 Å². The predicted molar refractivity (Wildman–Crippen MR) is 80.5 cm³/mol. The van der Waals surface area contributed by atoms with Gasteiger partial charge in [-0.2, -0.15) is 4.31 Å². The second-order valence-electron chi connectivity index (χ2n) is 4.89. The third-order valence-electron chi connectivity index (χ3n) is 3.31. The molecule has 0 spiro atoms. The van der Waals surface area contributed by atoms with Gasteiger partial charge in [0.2, 0.25) is 10.0 Å². The van der Waals surface area contributed by atoms with E-state index in [0.29, 0.717) is 30.6 Å². The highest BCUT2D eigenvalue weighted by atomic mass is 32.2. The van der Waals surface area contributed by atoms with E-state index in [-0.39, 0.29) is 0 Å². The van der Waals surface area contributed by atoms with Crippen LogP contribution < -0.4 is 5.32 Å². The van der Waals surface area contributed by atoms with Crippen molar-refractivity contribution < 1.29 is 13.2 Å². The molecule has 1 saturated carbocycles. The minimum Gasteiger partial charge on any atom is -0.383 e. The molecule has 1 fully saturated rings. The maximum absolute atomic E-state index is 12.5. The number of sulfonamides is 1. The lowest BCUT2D eigenvalue weighted by molar-refractivity contribution is 0.180. The third-order valence-corrected chi connectivity index (χ3v) is 6.35. The van der Waals surface area contributed by atoms with Gasteiger partial charge in [0.25, 0.3) is 0 Å². The van der Waals surface area contributed by atoms with Crippen molar-refractivity contribution in [2.45, 2.75) is 37.2 Å². The van der Waals surface area contributed by atoms with Crippen LogP contribution >= 0.6 is 11.3 Å². The van der Waals surface area contributed by atoms with Crippen molar-refractivity contribution in [1.29, 1.82) is 0 Å². The molecular formula is C13H22N2O3S2. The molecule has 0 bridgehead atoms. The van der Waals surface area contributed by atoms with Crippen molar-refractivity contribution in [2.24, 2.45) is 0 Å². The van der Waals surface area contributed by atoms with Gasteiger partial charge in [0.1, 0.15) is 0 Å². The molecule has 1 aliphatic carbocycles. The smallest absolute Gasteiger partial charge is 0.243 e. The fourth-order valence-electron chi connectivity index (χ4n) is 1.91. The molecule has 0 atom stereocenters. The van der Waals surface area contributed by atoms with Gasteiger partial charge in [0, 0.05) is 43.0 Å². The molecule has 1 aliphatic rings. The van der Waals surface area contributed by atoms with E-state index in [4.69, 9.17) is 4.74 Å². The van der Waals surface area contributed by atoms with Crippen molar-refractivity contribution in [3.05, 3.63) is 16.3 Å². The summed E-state index contributed by atoms with van der Waals surface area (Å²) in [7, 11) is -1.81. The van der Waals surface area contributed by atoms with Gasteiger partial charge in [-0.05, 0) is 18.9 Å². The van der Waals surface area contributed by atoms with Crippen LogP contribution in [0.25, 0.3) is 0 Å². The molecule has 1 heterocycles. The molecule has 0 aliphatic heterocycles. The van der Waals surface area contributed by atoms with Crippen LogP contribution in [0.2, 0.25) is 0 Å². The second kappa shape index (κ2) is 7.00. The minimum atomic E-state index is -3.39. The van der Waals surface area contributed by atoms with Gasteiger partial charge in [0.05, 0.1) is 11.5 Å². The fraction of sp³-hybridized carbons (Fsp3) is 0.692.